The summed E-state index contributed by atoms with van der Waals surface area (Å²) in [4.78, 5) is 6.37. The molecule has 1 aromatic rings. The SMILES string of the molecule is CN=C(NC)NCC1CCN(C)C1c1ccc(Cl)c(F)c1.I. The summed E-state index contributed by atoms with van der Waals surface area (Å²) >= 11 is 5.78. The third-order valence-electron chi connectivity index (χ3n) is 4.05. The van der Waals surface area contributed by atoms with Crippen LogP contribution >= 0.6 is 35.6 Å². The van der Waals surface area contributed by atoms with Gasteiger partial charge in [0.1, 0.15) is 5.82 Å². The van der Waals surface area contributed by atoms with Crippen molar-refractivity contribution in [3.8, 4) is 0 Å². The van der Waals surface area contributed by atoms with Gasteiger partial charge in [0.25, 0.3) is 0 Å². The van der Waals surface area contributed by atoms with E-state index in [4.69, 9.17) is 11.6 Å². The van der Waals surface area contributed by atoms with Gasteiger partial charge in [-0.1, -0.05) is 17.7 Å². The quantitative estimate of drug-likeness (QED) is 0.431. The summed E-state index contributed by atoms with van der Waals surface area (Å²) in [6.07, 6.45) is 1.07. The molecule has 0 radical (unpaired) electrons. The maximum absolute atomic E-state index is 13.7. The third-order valence-corrected chi connectivity index (χ3v) is 4.36. The van der Waals surface area contributed by atoms with Crippen molar-refractivity contribution in [1.82, 2.24) is 15.5 Å². The fourth-order valence-corrected chi connectivity index (χ4v) is 3.09. The summed E-state index contributed by atoms with van der Waals surface area (Å²) in [6.45, 7) is 1.80. The van der Waals surface area contributed by atoms with E-state index in [0.717, 1.165) is 31.0 Å². The van der Waals surface area contributed by atoms with Gasteiger partial charge in [-0.3, -0.25) is 9.89 Å². The molecule has 4 nitrogen and oxygen atoms in total. The van der Waals surface area contributed by atoms with Crippen LogP contribution in [0.4, 0.5) is 4.39 Å². The normalized spacial score (nSPS) is 22.3. The first-order chi connectivity index (χ1) is 10.1. The van der Waals surface area contributed by atoms with Crippen LogP contribution in [0.2, 0.25) is 5.02 Å². The predicted molar refractivity (Wildman–Crippen MR) is 101 cm³/mol. The molecule has 2 unspecified atom stereocenters. The second-order valence-corrected chi connectivity index (χ2v) is 5.76. The highest BCUT2D eigenvalue weighted by Crippen LogP contribution is 2.36. The summed E-state index contributed by atoms with van der Waals surface area (Å²) in [7, 11) is 5.65. The molecule has 0 bridgehead atoms. The number of nitrogens with one attached hydrogen (secondary N) is 2. The first kappa shape index (κ1) is 19.4. The standard InChI is InChI=1S/C15H22ClFN4.HI/c1-18-15(19-2)20-9-11-6-7-21(3)14(11)10-4-5-12(16)13(17)8-10;/h4-5,8,11,14H,6-7,9H2,1-3H3,(H2,18,19,20);1H. The fourth-order valence-electron chi connectivity index (χ4n) is 2.97. The number of hydrogen-bond acceptors (Lipinski definition) is 2. The Labute approximate surface area is 153 Å². The monoisotopic (exact) mass is 440 g/mol. The molecule has 0 spiro atoms. The molecule has 1 aliphatic rings. The van der Waals surface area contributed by atoms with Crippen molar-refractivity contribution in [2.45, 2.75) is 12.5 Å². The lowest BCUT2D eigenvalue weighted by atomic mass is 9.93. The van der Waals surface area contributed by atoms with Crippen molar-refractivity contribution < 1.29 is 4.39 Å². The van der Waals surface area contributed by atoms with Gasteiger partial charge in [0, 0.05) is 26.7 Å². The van der Waals surface area contributed by atoms with E-state index in [1.807, 2.05) is 13.1 Å². The van der Waals surface area contributed by atoms with Gasteiger partial charge in [0.15, 0.2) is 5.96 Å². The van der Waals surface area contributed by atoms with Gasteiger partial charge in [-0.15, -0.1) is 24.0 Å². The molecule has 2 atom stereocenters. The van der Waals surface area contributed by atoms with Crippen molar-refractivity contribution in [2.75, 3.05) is 34.2 Å². The number of guanidine groups is 1. The minimum atomic E-state index is -0.354. The zero-order valence-corrected chi connectivity index (χ0v) is 16.2. The lowest BCUT2D eigenvalue weighted by Crippen LogP contribution is -2.38. The van der Waals surface area contributed by atoms with E-state index in [9.17, 15) is 4.39 Å². The lowest BCUT2D eigenvalue weighted by molar-refractivity contribution is 0.275. The van der Waals surface area contributed by atoms with E-state index >= 15 is 0 Å². The highest BCUT2D eigenvalue weighted by Gasteiger charge is 2.33. The highest BCUT2D eigenvalue weighted by molar-refractivity contribution is 14.0. The molecule has 1 aromatic carbocycles. The molecule has 2 rings (SSSR count). The Hall–Kier alpha value is -0.600. The van der Waals surface area contributed by atoms with Gasteiger partial charge in [-0.05, 0) is 43.6 Å². The number of hydrogen-bond donors (Lipinski definition) is 2. The van der Waals surface area contributed by atoms with E-state index in [0.29, 0.717) is 5.92 Å². The topological polar surface area (TPSA) is 39.7 Å². The first-order valence-electron chi connectivity index (χ1n) is 7.10. The number of likely N-dealkylation sites (tertiary alicyclic amines) is 1. The molecule has 1 saturated heterocycles. The van der Waals surface area contributed by atoms with Crippen LogP contribution in [0, 0.1) is 11.7 Å². The molecule has 22 heavy (non-hydrogen) atoms. The number of aliphatic imine (C=N–C) groups is 1. The van der Waals surface area contributed by atoms with Crippen LogP contribution in [-0.2, 0) is 0 Å². The Morgan fingerprint density at radius 2 is 2.23 bits per heavy atom. The molecule has 1 heterocycles. The van der Waals surface area contributed by atoms with E-state index < -0.39 is 0 Å². The Kier molecular flexibility index (Phi) is 7.85. The van der Waals surface area contributed by atoms with Crippen LogP contribution < -0.4 is 10.6 Å². The van der Waals surface area contributed by atoms with Gasteiger partial charge in [0.05, 0.1) is 5.02 Å². The second kappa shape index (κ2) is 8.88. The number of halogens is 3. The van der Waals surface area contributed by atoms with Gasteiger partial charge < -0.3 is 10.6 Å². The van der Waals surface area contributed by atoms with Gasteiger partial charge in [-0.2, -0.15) is 0 Å². The molecule has 0 aliphatic carbocycles. The number of rotatable bonds is 3. The zero-order chi connectivity index (χ0) is 15.4. The second-order valence-electron chi connectivity index (χ2n) is 5.35. The molecule has 1 aliphatic heterocycles. The van der Waals surface area contributed by atoms with Gasteiger partial charge in [0.2, 0.25) is 0 Å². The van der Waals surface area contributed by atoms with Crippen LogP contribution in [-0.4, -0.2) is 45.1 Å². The van der Waals surface area contributed by atoms with Crippen molar-refractivity contribution >= 4 is 41.5 Å². The van der Waals surface area contributed by atoms with E-state index in [-0.39, 0.29) is 40.9 Å². The molecule has 0 aromatic heterocycles. The molecule has 124 valence electrons. The Morgan fingerprint density at radius 3 is 2.82 bits per heavy atom. The number of benzene rings is 1. The third kappa shape index (κ3) is 4.45. The molecule has 0 amide bonds. The fraction of sp³-hybridized carbons (Fsp3) is 0.533. The molecular weight excluding hydrogens is 418 g/mol. The average molecular weight is 441 g/mol. The summed E-state index contributed by atoms with van der Waals surface area (Å²) in [5.74, 6) is 0.818. The first-order valence-corrected chi connectivity index (χ1v) is 7.48. The van der Waals surface area contributed by atoms with E-state index in [2.05, 4.69) is 27.6 Å². The van der Waals surface area contributed by atoms with E-state index in [1.165, 1.54) is 0 Å². The number of nitrogens with zero attached hydrogens (tertiary/aromatic N) is 2. The Balaban J connectivity index is 0.00000242. The summed E-state index contributed by atoms with van der Waals surface area (Å²) < 4.78 is 13.7. The van der Waals surface area contributed by atoms with Crippen LogP contribution in [0.15, 0.2) is 23.2 Å². The minimum Gasteiger partial charge on any atom is -0.359 e. The maximum Gasteiger partial charge on any atom is 0.190 e. The molecule has 1 fully saturated rings. The summed E-state index contributed by atoms with van der Waals surface area (Å²) in [5, 5.41) is 6.48. The van der Waals surface area contributed by atoms with Crippen molar-refractivity contribution in [1.29, 1.82) is 0 Å². The molecule has 0 saturated carbocycles. The largest absolute Gasteiger partial charge is 0.359 e. The Bertz CT molecular complexity index is 526. The lowest BCUT2D eigenvalue weighted by Gasteiger charge is -2.26. The molecular formula is C15H23ClFIN4. The smallest absolute Gasteiger partial charge is 0.190 e. The van der Waals surface area contributed by atoms with Crippen LogP contribution in [0.1, 0.15) is 18.0 Å². The Morgan fingerprint density at radius 1 is 1.50 bits per heavy atom. The van der Waals surface area contributed by atoms with Gasteiger partial charge in [-0.25, -0.2) is 4.39 Å². The predicted octanol–water partition coefficient (Wildman–Crippen LogP) is 2.88. The van der Waals surface area contributed by atoms with Crippen molar-refractivity contribution in [3.63, 3.8) is 0 Å². The van der Waals surface area contributed by atoms with Crippen molar-refractivity contribution in [2.24, 2.45) is 10.9 Å². The van der Waals surface area contributed by atoms with Crippen LogP contribution in [0.25, 0.3) is 0 Å². The van der Waals surface area contributed by atoms with Crippen molar-refractivity contribution in [3.05, 3.63) is 34.6 Å². The van der Waals surface area contributed by atoms with Crippen LogP contribution in [0.3, 0.4) is 0 Å². The molecule has 2 N–H and O–H groups in total. The van der Waals surface area contributed by atoms with Gasteiger partial charge >= 0.3 is 0 Å². The molecule has 7 heteroatoms. The van der Waals surface area contributed by atoms with Crippen LogP contribution in [0.5, 0.6) is 0 Å². The summed E-state index contributed by atoms with van der Waals surface area (Å²) in [5.41, 5.74) is 0.975. The van der Waals surface area contributed by atoms with E-state index in [1.54, 1.807) is 19.2 Å². The highest BCUT2D eigenvalue weighted by atomic mass is 127. The minimum absolute atomic E-state index is 0. The maximum atomic E-state index is 13.7. The summed E-state index contributed by atoms with van der Waals surface area (Å²) in [6, 6.07) is 5.29. The zero-order valence-electron chi connectivity index (χ0n) is 13.1. The average Bonchev–Trinajstić information content (AvgIpc) is 2.84.